The maximum atomic E-state index is 10.8. The molecule has 0 unspecified atom stereocenters. The van der Waals surface area contributed by atoms with Crippen LogP contribution in [0.2, 0.25) is 0 Å². The third-order valence-electron chi connectivity index (χ3n) is 2.74. The normalized spacial score (nSPS) is 12.3. The van der Waals surface area contributed by atoms with Gasteiger partial charge >= 0.3 is 0 Å². The lowest BCUT2D eigenvalue weighted by molar-refractivity contribution is -0.385. The van der Waals surface area contributed by atoms with E-state index in [0.29, 0.717) is 11.0 Å². The monoisotopic (exact) mass is 324 g/mol. The average molecular weight is 325 g/mol. The van der Waals surface area contributed by atoms with Crippen LogP contribution in [-0.4, -0.2) is 4.92 Å². The Bertz CT molecular complexity index is 569. The van der Waals surface area contributed by atoms with Crippen molar-refractivity contribution in [2.75, 3.05) is 0 Å². The molecule has 0 bridgehead atoms. The number of furan rings is 1. The number of hydrogen-bond donors (Lipinski definition) is 1. The van der Waals surface area contributed by atoms with Crippen LogP contribution in [-0.2, 0) is 6.54 Å². The molecule has 6 heteroatoms. The minimum absolute atomic E-state index is 0.0491. The van der Waals surface area contributed by atoms with Crippen LogP contribution in [0.4, 0.5) is 5.69 Å². The van der Waals surface area contributed by atoms with Gasteiger partial charge in [-0.3, -0.25) is 10.1 Å². The topological polar surface area (TPSA) is 68.3 Å². The van der Waals surface area contributed by atoms with Crippen molar-refractivity contribution in [1.82, 2.24) is 5.32 Å². The molecule has 0 saturated carbocycles. The van der Waals surface area contributed by atoms with Crippen LogP contribution in [0.25, 0.3) is 0 Å². The zero-order valence-electron chi connectivity index (χ0n) is 10.3. The maximum Gasteiger partial charge on any atom is 0.270 e. The van der Waals surface area contributed by atoms with E-state index in [1.807, 2.05) is 25.1 Å². The second kappa shape index (κ2) is 5.99. The van der Waals surface area contributed by atoms with Crippen molar-refractivity contribution >= 4 is 21.6 Å². The predicted octanol–water partition coefficient (Wildman–Crippen LogP) is 3.80. The SMILES string of the molecule is C[C@@H](NCc1cc(Br)cc([N+](=O)[O-])c1)c1ccco1. The van der Waals surface area contributed by atoms with Crippen LogP contribution in [0.3, 0.4) is 0 Å². The molecular weight excluding hydrogens is 312 g/mol. The molecule has 0 aliphatic carbocycles. The fourth-order valence-corrected chi connectivity index (χ4v) is 2.28. The molecule has 19 heavy (non-hydrogen) atoms. The van der Waals surface area contributed by atoms with Crippen LogP contribution in [0.15, 0.2) is 45.5 Å². The third-order valence-corrected chi connectivity index (χ3v) is 3.19. The lowest BCUT2D eigenvalue weighted by atomic mass is 10.2. The summed E-state index contributed by atoms with van der Waals surface area (Å²) in [6, 6.07) is 8.67. The molecule has 1 atom stereocenters. The van der Waals surface area contributed by atoms with Gasteiger partial charge in [0.15, 0.2) is 0 Å². The average Bonchev–Trinajstić information content (AvgIpc) is 2.89. The van der Waals surface area contributed by atoms with Crippen molar-refractivity contribution in [2.24, 2.45) is 0 Å². The van der Waals surface area contributed by atoms with Gasteiger partial charge in [-0.05, 0) is 30.7 Å². The standard InChI is InChI=1S/C13H13BrN2O3/c1-9(13-3-2-4-19-13)15-8-10-5-11(14)7-12(6-10)16(17)18/h2-7,9,15H,8H2,1H3/t9-/m1/s1. The first-order valence-electron chi connectivity index (χ1n) is 5.77. The van der Waals surface area contributed by atoms with E-state index in [9.17, 15) is 10.1 Å². The lowest BCUT2D eigenvalue weighted by Gasteiger charge is -2.11. The van der Waals surface area contributed by atoms with Crippen LogP contribution in [0.1, 0.15) is 24.3 Å². The molecule has 0 amide bonds. The molecular formula is C13H13BrN2O3. The number of non-ortho nitro benzene ring substituents is 1. The number of rotatable bonds is 5. The van der Waals surface area contributed by atoms with Gasteiger partial charge in [0.1, 0.15) is 5.76 Å². The highest BCUT2D eigenvalue weighted by molar-refractivity contribution is 9.10. The second-order valence-electron chi connectivity index (χ2n) is 4.19. The first kappa shape index (κ1) is 13.8. The Labute approximate surface area is 118 Å². The highest BCUT2D eigenvalue weighted by Gasteiger charge is 2.11. The van der Waals surface area contributed by atoms with Crippen molar-refractivity contribution in [3.63, 3.8) is 0 Å². The van der Waals surface area contributed by atoms with Crippen molar-refractivity contribution in [1.29, 1.82) is 0 Å². The maximum absolute atomic E-state index is 10.8. The van der Waals surface area contributed by atoms with Gasteiger partial charge < -0.3 is 9.73 Å². The van der Waals surface area contributed by atoms with Gasteiger partial charge in [-0.2, -0.15) is 0 Å². The number of hydrogen-bond acceptors (Lipinski definition) is 4. The Kier molecular flexibility index (Phi) is 4.34. The number of nitro benzene ring substituents is 1. The minimum Gasteiger partial charge on any atom is -0.468 e. The molecule has 1 heterocycles. The highest BCUT2D eigenvalue weighted by atomic mass is 79.9. The largest absolute Gasteiger partial charge is 0.468 e. The van der Waals surface area contributed by atoms with Gasteiger partial charge in [-0.25, -0.2) is 0 Å². The molecule has 5 nitrogen and oxygen atoms in total. The Balaban J connectivity index is 2.05. The zero-order valence-corrected chi connectivity index (χ0v) is 11.9. The molecule has 0 saturated heterocycles. The Hall–Kier alpha value is -1.66. The van der Waals surface area contributed by atoms with Gasteiger partial charge in [-0.15, -0.1) is 0 Å². The Morgan fingerprint density at radius 1 is 1.47 bits per heavy atom. The Morgan fingerprint density at radius 3 is 2.89 bits per heavy atom. The molecule has 2 rings (SSSR count). The molecule has 100 valence electrons. The third kappa shape index (κ3) is 3.65. The van der Waals surface area contributed by atoms with Gasteiger partial charge in [0.25, 0.3) is 5.69 Å². The van der Waals surface area contributed by atoms with E-state index < -0.39 is 4.92 Å². The number of halogens is 1. The van der Waals surface area contributed by atoms with Crippen LogP contribution in [0.5, 0.6) is 0 Å². The summed E-state index contributed by atoms with van der Waals surface area (Å²) in [7, 11) is 0. The van der Waals surface area contributed by atoms with Crippen LogP contribution < -0.4 is 5.32 Å². The van der Waals surface area contributed by atoms with E-state index in [2.05, 4.69) is 21.2 Å². The fourth-order valence-electron chi connectivity index (χ4n) is 1.75. The molecule has 0 aliphatic rings. The number of benzene rings is 1. The van der Waals surface area contributed by atoms with Crippen molar-refractivity contribution in [3.05, 3.63) is 62.5 Å². The molecule has 1 aromatic carbocycles. The molecule has 1 N–H and O–H groups in total. The summed E-state index contributed by atoms with van der Waals surface area (Å²) >= 11 is 3.28. The summed E-state index contributed by atoms with van der Waals surface area (Å²) in [6.07, 6.45) is 1.62. The smallest absolute Gasteiger partial charge is 0.270 e. The first-order valence-corrected chi connectivity index (χ1v) is 6.56. The highest BCUT2D eigenvalue weighted by Crippen LogP contribution is 2.22. The fraction of sp³-hybridized carbons (Fsp3) is 0.231. The van der Waals surface area contributed by atoms with E-state index >= 15 is 0 Å². The minimum atomic E-state index is -0.399. The molecule has 2 aromatic rings. The van der Waals surface area contributed by atoms with Crippen molar-refractivity contribution in [2.45, 2.75) is 19.5 Å². The van der Waals surface area contributed by atoms with Crippen LogP contribution in [0, 0.1) is 10.1 Å². The molecule has 1 aromatic heterocycles. The second-order valence-corrected chi connectivity index (χ2v) is 5.11. The summed E-state index contributed by atoms with van der Waals surface area (Å²) < 4.78 is 5.99. The molecule has 0 fully saturated rings. The molecule has 0 radical (unpaired) electrons. The van der Waals surface area contributed by atoms with Crippen molar-refractivity contribution in [3.8, 4) is 0 Å². The van der Waals surface area contributed by atoms with E-state index in [1.54, 1.807) is 12.3 Å². The quantitative estimate of drug-likeness (QED) is 0.670. The summed E-state index contributed by atoms with van der Waals surface area (Å²) in [4.78, 5) is 10.4. The first-order chi connectivity index (χ1) is 9.06. The number of nitro groups is 1. The molecule has 0 aliphatic heterocycles. The van der Waals surface area contributed by atoms with Gasteiger partial charge in [-0.1, -0.05) is 15.9 Å². The number of nitrogens with zero attached hydrogens (tertiary/aromatic N) is 1. The summed E-state index contributed by atoms with van der Waals surface area (Å²) in [6.45, 7) is 2.51. The number of nitrogens with one attached hydrogen (secondary N) is 1. The van der Waals surface area contributed by atoms with E-state index in [4.69, 9.17) is 4.42 Å². The predicted molar refractivity (Wildman–Crippen MR) is 74.8 cm³/mol. The summed E-state index contributed by atoms with van der Waals surface area (Å²) in [5.41, 5.74) is 0.927. The Morgan fingerprint density at radius 2 is 2.26 bits per heavy atom. The summed E-state index contributed by atoms with van der Waals surface area (Å²) in [5, 5.41) is 14.0. The zero-order chi connectivity index (χ0) is 13.8. The van der Waals surface area contributed by atoms with Gasteiger partial charge in [0.05, 0.1) is 17.2 Å². The lowest BCUT2D eigenvalue weighted by Crippen LogP contribution is -2.17. The van der Waals surface area contributed by atoms with Gasteiger partial charge in [0.2, 0.25) is 0 Å². The summed E-state index contributed by atoms with van der Waals surface area (Å²) in [5.74, 6) is 0.837. The van der Waals surface area contributed by atoms with Gasteiger partial charge in [0, 0.05) is 23.2 Å². The van der Waals surface area contributed by atoms with Crippen molar-refractivity contribution < 1.29 is 9.34 Å². The molecule has 0 spiro atoms. The van der Waals surface area contributed by atoms with Crippen LogP contribution >= 0.6 is 15.9 Å². The van der Waals surface area contributed by atoms with E-state index in [-0.39, 0.29) is 11.7 Å². The van der Waals surface area contributed by atoms with E-state index in [0.717, 1.165) is 11.3 Å². The van der Waals surface area contributed by atoms with E-state index in [1.165, 1.54) is 6.07 Å².